The number of aromatic nitrogens is 4. The summed E-state index contributed by atoms with van der Waals surface area (Å²) in [6, 6.07) is 6.53. The number of tetrazole rings is 1. The Morgan fingerprint density at radius 2 is 2.10 bits per heavy atom. The van der Waals surface area contributed by atoms with Crippen molar-refractivity contribution in [2.24, 2.45) is 0 Å². The van der Waals surface area contributed by atoms with E-state index in [1.165, 1.54) is 12.1 Å². The van der Waals surface area contributed by atoms with Crippen LogP contribution in [0.4, 0.5) is 5.69 Å². The van der Waals surface area contributed by atoms with E-state index in [9.17, 15) is 10.1 Å². The van der Waals surface area contributed by atoms with Gasteiger partial charge >= 0.3 is 0 Å². The Balaban J connectivity index is 1.94. The standard InChI is InChI=1S/C12H16N6O2/c1-2-13-9-12-14-15-16-17(12)8-7-10-3-5-11(6-4-10)18(19)20/h3-6,13H,2,7-9H2,1H3. The minimum Gasteiger partial charge on any atom is -0.310 e. The summed E-state index contributed by atoms with van der Waals surface area (Å²) >= 11 is 0. The first-order valence-corrected chi connectivity index (χ1v) is 6.39. The zero-order valence-corrected chi connectivity index (χ0v) is 11.2. The van der Waals surface area contributed by atoms with E-state index in [2.05, 4.69) is 20.8 Å². The molecule has 0 amide bonds. The van der Waals surface area contributed by atoms with E-state index in [0.29, 0.717) is 13.1 Å². The van der Waals surface area contributed by atoms with E-state index in [4.69, 9.17) is 0 Å². The van der Waals surface area contributed by atoms with Crippen LogP contribution in [0.2, 0.25) is 0 Å². The molecule has 0 aliphatic carbocycles. The van der Waals surface area contributed by atoms with Crippen LogP contribution in [0.3, 0.4) is 0 Å². The van der Waals surface area contributed by atoms with Gasteiger partial charge in [0.25, 0.3) is 5.69 Å². The Bertz CT molecular complexity index is 566. The van der Waals surface area contributed by atoms with E-state index < -0.39 is 4.92 Å². The molecule has 106 valence electrons. The van der Waals surface area contributed by atoms with Crippen LogP contribution in [-0.2, 0) is 19.5 Å². The van der Waals surface area contributed by atoms with Gasteiger partial charge < -0.3 is 5.32 Å². The summed E-state index contributed by atoms with van der Waals surface area (Å²) in [6.07, 6.45) is 0.724. The van der Waals surface area contributed by atoms with E-state index in [-0.39, 0.29) is 5.69 Å². The average Bonchev–Trinajstić information content (AvgIpc) is 2.90. The van der Waals surface area contributed by atoms with Gasteiger partial charge in [0.2, 0.25) is 0 Å². The maximum Gasteiger partial charge on any atom is 0.269 e. The maximum atomic E-state index is 10.6. The van der Waals surface area contributed by atoms with Gasteiger partial charge in [-0.05, 0) is 29.0 Å². The molecule has 0 saturated heterocycles. The molecule has 1 aromatic heterocycles. The van der Waals surface area contributed by atoms with Crippen molar-refractivity contribution in [2.45, 2.75) is 26.4 Å². The molecule has 1 N–H and O–H groups in total. The summed E-state index contributed by atoms with van der Waals surface area (Å²) in [6.45, 7) is 4.15. The molecule has 2 aromatic rings. The molecule has 8 nitrogen and oxygen atoms in total. The molecule has 0 aliphatic rings. The van der Waals surface area contributed by atoms with Gasteiger partial charge in [-0.25, -0.2) is 4.68 Å². The molecule has 0 spiro atoms. The summed E-state index contributed by atoms with van der Waals surface area (Å²) in [7, 11) is 0. The number of hydrogen-bond donors (Lipinski definition) is 1. The van der Waals surface area contributed by atoms with Crippen LogP contribution in [0.25, 0.3) is 0 Å². The predicted octanol–water partition coefficient (Wildman–Crippen LogP) is 0.933. The largest absolute Gasteiger partial charge is 0.310 e. The molecule has 2 rings (SSSR count). The summed E-state index contributed by atoms with van der Waals surface area (Å²) < 4.78 is 1.74. The van der Waals surface area contributed by atoms with Gasteiger partial charge in [0.15, 0.2) is 5.82 Å². The van der Waals surface area contributed by atoms with Gasteiger partial charge in [-0.3, -0.25) is 10.1 Å². The Morgan fingerprint density at radius 1 is 1.35 bits per heavy atom. The second kappa shape index (κ2) is 6.71. The second-order valence-corrected chi connectivity index (χ2v) is 4.27. The molecule has 0 unspecified atom stereocenters. The molecule has 0 atom stereocenters. The van der Waals surface area contributed by atoms with Crippen molar-refractivity contribution in [1.82, 2.24) is 25.5 Å². The van der Waals surface area contributed by atoms with Gasteiger partial charge in [0.05, 0.1) is 11.5 Å². The van der Waals surface area contributed by atoms with Crippen molar-refractivity contribution in [3.63, 3.8) is 0 Å². The van der Waals surface area contributed by atoms with Gasteiger partial charge in [0.1, 0.15) is 0 Å². The Morgan fingerprint density at radius 3 is 2.75 bits per heavy atom. The van der Waals surface area contributed by atoms with Crippen molar-refractivity contribution in [1.29, 1.82) is 0 Å². The fourth-order valence-corrected chi connectivity index (χ4v) is 1.78. The van der Waals surface area contributed by atoms with Crippen molar-refractivity contribution >= 4 is 5.69 Å². The maximum absolute atomic E-state index is 10.6. The number of nitro groups is 1. The van der Waals surface area contributed by atoms with Gasteiger partial charge in [0, 0.05) is 18.7 Å². The topological polar surface area (TPSA) is 98.8 Å². The van der Waals surface area contributed by atoms with Crippen LogP contribution in [0.5, 0.6) is 0 Å². The lowest BCUT2D eigenvalue weighted by Gasteiger charge is -2.05. The third-order valence-corrected chi connectivity index (χ3v) is 2.90. The van der Waals surface area contributed by atoms with E-state index in [1.54, 1.807) is 16.8 Å². The number of non-ortho nitro benzene ring substituents is 1. The van der Waals surface area contributed by atoms with Crippen LogP contribution in [-0.4, -0.2) is 31.7 Å². The van der Waals surface area contributed by atoms with Gasteiger partial charge in [-0.1, -0.05) is 19.1 Å². The normalized spacial score (nSPS) is 10.7. The summed E-state index contributed by atoms with van der Waals surface area (Å²) in [5.74, 6) is 0.786. The van der Waals surface area contributed by atoms with E-state index >= 15 is 0 Å². The minimum atomic E-state index is -0.403. The fraction of sp³-hybridized carbons (Fsp3) is 0.417. The highest BCUT2D eigenvalue weighted by molar-refractivity contribution is 5.32. The molecule has 0 bridgehead atoms. The van der Waals surface area contributed by atoms with Crippen LogP contribution in [0.15, 0.2) is 24.3 Å². The van der Waals surface area contributed by atoms with Crippen LogP contribution >= 0.6 is 0 Å². The lowest BCUT2D eigenvalue weighted by molar-refractivity contribution is -0.384. The highest BCUT2D eigenvalue weighted by Gasteiger charge is 2.07. The molecule has 0 aliphatic heterocycles. The number of benzene rings is 1. The Hall–Kier alpha value is -2.35. The van der Waals surface area contributed by atoms with E-state index in [1.807, 2.05) is 6.92 Å². The van der Waals surface area contributed by atoms with E-state index in [0.717, 1.165) is 24.4 Å². The third kappa shape index (κ3) is 3.58. The molecular weight excluding hydrogens is 260 g/mol. The molecule has 20 heavy (non-hydrogen) atoms. The van der Waals surface area contributed by atoms with Gasteiger partial charge in [-0.2, -0.15) is 0 Å². The first-order valence-electron chi connectivity index (χ1n) is 6.39. The summed E-state index contributed by atoms with van der Waals surface area (Å²) in [5.41, 5.74) is 1.12. The number of rotatable bonds is 7. The second-order valence-electron chi connectivity index (χ2n) is 4.27. The number of nitrogens with zero attached hydrogens (tertiary/aromatic N) is 5. The Labute approximate surface area is 115 Å². The first kappa shape index (κ1) is 14.1. The highest BCUT2D eigenvalue weighted by Crippen LogP contribution is 2.12. The first-order chi connectivity index (χ1) is 9.70. The molecule has 1 heterocycles. The van der Waals surface area contributed by atoms with Crippen LogP contribution in [0.1, 0.15) is 18.3 Å². The highest BCUT2D eigenvalue weighted by atomic mass is 16.6. The number of aryl methyl sites for hydroxylation is 2. The third-order valence-electron chi connectivity index (χ3n) is 2.90. The van der Waals surface area contributed by atoms with Crippen molar-refractivity contribution in [3.8, 4) is 0 Å². The number of hydrogen-bond acceptors (Lipinski definition) is 6. The molecule has 0 saturated carbocycles. The molecule has 1 aromatic carbocycles. The van der Waals surface area contributed by atoms with Crippen molar-refractivity contribution < 1.29 is 4.92 Å². The number of nitrogens with one attached hydrogen (secondary N) is 1. The lowest BCUT2D eigenvalue weighted by atomic mass is 10.1. The Kier molecular flexibility index (Phi) is 4.72. The predicted molar refractivity (Wildman–Crippen MR) is 72.0 cm³/mol. The zero-order chi connectivity index (χ0) is 14.4. The van der Waals surface area contributed by atoms with Crippen molar-refractivity contribution in [2.75, 3.05) is 6.54 Å². The molecule has 0 fully saturated rings. The number of nitro benzene ring substituents is 1. The summed E-state index contributed by atoms with van der Waals surface area (Å²) in [4.78, 5) is 10.2. The van der Waals surface area contributed by atoms with Gasteiger partial charge in [-0.15, -0.1) is 5.10 Å². The van der Waals surface area contributed by atoms with Crippen LogP contribution < -0.4 is 5.32 Å². The monoisotopic (exact) mass is 276 g/mol. The fourth-order valence-electron chi connectivity index (χ4n) is 1.78. The zero-order valence-electron chi connectivity index (χ0n) is 11.2. The van der Waals surface area contributed by atoms with Crippen LogP contribution in [0, 0.1) is 10.1 Å². The quantitative estimate of drug-likeness (QED) is 0.596. The smallest absolute Gasteiger partial charge is 0.269 e. The lowest BCUT2D eigenvalue weighted by Crippen LogP contribution is -2.17. The SMILES string of the molecule is CCNCc1nnnn1CCc1ccc([N+](=O)[O-])cc1. The molecule has 8 heteroatoms. The molecule has 0 radical (unpaired) electrons. The molecular formula is C12H16N6O2. The van der Waals surface area contributed by atoms with Crippen molar-refractivity contribution in [3.05, 3.63) is 45.8 Å². The summed E-state index contributed by atoms with van der Waals surface area (Å²) in [5, 5.41) is 25.3. The minimum absolute atomic E-state index is 0.101. The average molecular weight is 276 g/mol.